The number of anilines is 3. The lowest BCUT2D eigenvalue weighted by Crippen LogP contribution is -2.16. The van der Waals surface area contributed by atoms with Crippen molar-refractivity contribution in [3.8, 4) is 22.3 Å². The molecule has 0 fully saturated rings. The molecule has 1 aromatic heterocycles. The van der Waals surface area contributed by atoms with E-state index >= 15 is 0 Å². The van der Waals surface area contributed by atoms with Gasteiger partial charge in [-0.05, 0) is 98.2 Å². The highest BCUT2D eigenvalue weighted by Crippen LogP contribution is 2.55. The molecule has 7 aromatic carbocycles. The van der Waals surface area contributed by atoms with E-state index < -0.39 is 0 Å². The van der Waals surface area contributed by atoms with Gasteiger partial charge in [0.15, 0.2) is 0 Å². The van der Waals surface area contributed by atoms with Crippen molar-refractivity contribution in [1.29, 1.82) is 0 Å². The van der Waals surface area contributed by atoms with Gasteiger partial charge in [0.2, 0.25) is 0 Å². The highest BCUT2D eigenvalue weighted by molar-refractivity contribution is 6.10. The number of hydrogen-bond donors (Lipinski definition) is 0. The normalized spacial score (nSPS) is 15.0. The van der Waals surface area contributed by atoms with Crippen LogP contribution in [0.3, 0.4) is 0 Å². The Morgan fingerprint density at radius 1 is 0.438 bits per heavy atom. The number of fused-ring (bicyclic) bond motifs is 10. The minimum absolute atomic E-state index is 0.0485. The summed E-state index contributed by atoms with van der Waals surface area (Å²) in [7, 11) is 0. The Hall–Kier alpha value is -5.60. The van der Waals surface area contributed by atoms with Crippen molar-refractivity contribution in [2.45, 2.75) is 38.5 Å². The molecule has 48 heavy (non-hydrogen) atoms. The SMILES string of the molecule is CC1(C)c2ccccc2-c2cc(N(c3ccc4cc5c(cc4c3)oc3ccccc35)c3cccc4c3-c3ccccc3C4(C)C)ccc21. The average Bonchev–Trinajstić information content (AvgIpc) is 3.67. The van der Waals surface area contributed by atoms with Gasteiger partial charge in [-0.3, -0.25) is 0 Å². The molecule has 8 aromatic rings. The molecule has 1 heterocycles. The van der Waals surface area contributed by atoms with Crippen molar-refractivity contribution in [2.75, 3.05) is 4.90 Å². The van der Waals surface area contributed by atoms with Crippen molar-refractivity contribution < 1.29 is 4.42 Å². The number of benzene rings is 7. The summed E-state index contributed by atoms with van der Waals surface area (Å²) in [6.45, 7) is 9.41. The van der Waals surface area contributed by atoms with Gasteiger partial charge in [0.05, 0.1) is 5.69 Å². The van der Waals surface area contributed by atoms with Crippen LogP contribution in [0, 0.1) is 0 Å². The van der Waals surface area contributed by atoms with E-state index in [2.05, 4.69) is 166 Å². The third-order valence-corrected chi connectivity index (χ3v) is 11.2. The summed E-state index contributed by atoms with van der Waals surface area (Å²) >= 11 is 0. The van der Waals surface area contributed by atoms with Crippen LogP contribution >= 0.6 is 0 Å². The highest BCUT2D eigenvalue weighted by atomic mass is 16.3. The second kappa shape index (κ2) is 9.49. The number of para-hydroxylation sites is 1. The smallest absolute Gasteiger partial charge is 0.136 e. The molecule has 0 bridgehead atoms. The van der Waals surface area contributed by atoms with Gasteiger partial charge < -0.3 is 9.32 Å². The van der Waals surface area contributed by atoms with Crippen molar-refractivity contribution in [3.05, 3.63) is 162 Å². The summed E-state index contributed by atoms with van der Waals surface area (Å²) in [4.78, 5) is 2.48. The van der Waals surface area contributed by atoms with Gasteiger partial charge in [-0.15, -0.1) is 0 Å². The Bertz CT molecular complexity index is 2630. The third-order valence-electron chi connectivity index (χ3n) is 11.2. The third kappa shape index (κ3) is 3.63. The molecule has 0 radical (unpaired) electrons. The van der Waals surface area contributed by atoms with E-state index in [1.807, 2.05) is 6.07 Å². The van der Waals surface area contributed by atoms with E-state index in [1.54, 1.807) is 0 Å². The van der Waals surface area contributed by atoms with Gasteiger partial charge in [-0.25, -0.2) is 0 Å². The summed E-state index contributed by atoms with van der Waals surface area (Å²) in [5, 5.41) is 4.67. The highest BCUT2D eigenvalue weighted by Gasteiger charge is 2.39. The van der Waals surface area contributed by atoms with Gasteiger partial charge in [0.1, 0.15) is 11.2 Å². The summed E-state index contributed by atoms with van der Waals surface area (Å²) < 4.78 is 6.34. The van der Waals surface area contributed by atoms with Crippen LogP contribution in [0.2, 0.25) is 0 Å². The molecule has 2 aliphatic rings. The molecule has 10 rings (SSSR count). The number of rotatable bonds is 3. The standard InChI is InChI=1S/C46H35NO/c1-45(2)37-15-8-5-12-32(37)35-27-31(22-23-39(35)45)47(41-18-11-17-40-44(41)34-14-6-9-16-38(34)46(40,3)4)30-21-20-28-25-36-33-13-7-10-19-42(33)48-43(36)26-29(28)24-30/h5-27H,1-4H3. The zero-order valence-electron chi connectivity index (χ0n) is 27.6. The summed E-state index contributed by atoms with van der Waals surface area (Å²) in [5.41, 5.74) is 16.0. The molecule has 230 valence electrons. The van der Waals surface area contributed by atoms with Crippen LogP contribution in [0.15, 0.2) is 144 Å². The molecule has 2 aliphatic carbocycles. The molecule has 0 aliphatic heterocycles. The summed E-state index contributed by atoms with van der Waals surface area (Å²) in [6, 6.07) is 51.5. The monoisotopic (exact) mass is 617 g/mol. The van der Waals surface area contributed by atoms with Crippen LogP contribution in [0.4, 0.5) is 17.1 Å². The Balaban J connectivity index is 1.24. The first-order valence-corrected chi connectivity index (χ1v) is 16.9. The number of nitrogens with zero attached hydrogens (tertiary/aromatic N) is 1. The first-order chi connectivity index (χ1) is 23.3. The zero-order valence-corrected chi connectivity index (χ0v) is 27.6. The van der Waals surface area contributed by atoms with E-state index in [4.69, 9.17) is 4.42 Å². The first-order valence-electron chi connectivity index (χ1n) is 16.9. The van der Waals surface area contributed by atoms with Crippen LogP contribution in [0.5, 0.6) is 0 Å². The lowest BCUT2D eigenvalue weighted by atomic mass is 9.82. The lowest BCUT2D eigenvalue weighted by Gasteiger charge is -2.30. The predicted octanol–water partition coefficient (Wildman–Crippen LogP) is 12.8. The van der Waals surface area contributed by atoms with Crippen molar-refractivity contribution >= 4 is 49.8 Å². The quantitative estimate of drug-likeness (QED) is 0.196. The topological polar surface area (TPSA) is 16.4 Å². The fourth-order valence-corrected chi connectivity index (χ4v) is 8.79. The van der Waals surface area contributed by atoms with Crippen LogP contribution in [-0.4, -0.2) is 0 Å². The van der Waals surface area contributed by atoms with Crippen LogP contribution in [0.1, 0.15) is 49.9 Å². The molecule has 0 amide bonds. The number of hydrogen-bond acceptors (Lipinski definition) is 2. The van der Waals surface area contributed by atoms with Gasteiger partial charge in [0, 0.05) is 38.5 Å². The van der Waals surface area contributed by atoms with E-state index in [-0.39, 0.29) is 10.8 Å². The van der Waals surface area contributed by atoms with Gasteiger partial charge in [-0.1, -0.05) is 119 Å². The minimum atomic E-state index is -0.0925. The molecule has 0 atom stereocenters. The molecule has 0 unspecified atom stereocenters. The Morgan fingerprint density at radius 2 is 1.08 bits per heavy atom. The van der Waals surface area contributed by atoms with E-state index in [0.29, 0.717) is 0 Å². The second-order valence-electron chi connectivity index (χ2n) is 14.6. The second-order valence-corrected chi connectivity index (χ2v) is 14.6. The van der Waals surface area contributed by atoms with Gasteiger partial charge in [-0.2, -0.15) is 0 Å². The maximum Gasteiger partial charge on any atom is 0.136 e. The van der Waals surface area contributed by atoms with Crippen LogP contribution in [-0.2, 0) is 10.8 Å². The maximum absolute atomic E-state index is 6.34. The largest absolute Gasteiger partial charge is 0.456 e. The van der Waals surface area contributed by atoms with Crippen molar-refractivity contribution in [1.82, 2.24) is 0 Å². The average molecular weight is 618 g/mol. The van der Waals surface area contributed by atoms with Crippen LogP contribution < -0.4 is 4.90 Å². The van der Waals surface area contributed by atoms with E-state index in [1.165, 1.54) is 55.6 Å². The molecule has 0 N–H and O–H groups in total. The fraction of sp³-hybridized carbons (Fsp3) is 0.130. The predicted molar refractivity (Wildman–Crippen MR) is 201 cm³/mol. The van der Waals surface area contributed by atoms with Gasteiger partial charge in [0.25, 0.3) is 0 Å². The van der Waals surface area contributed by atoms with E-state index in [9.17, 15) is 0 Å². The van der Waals surface area contributed by atoms with Gasteiger partial charge >= 0.3 is 0 Å². The lowest BCUT2D eigenvalue weighted by molar-refractivity contribution is 0.660. The summed E-state index contributed by atoms with van der Waals surface area (Å²) in [6.07, 6.45) is 0. The molecule has 2 nitrogen and oxygen atoms in total. The summed E-state index contributed by atoms with van der Waals surface area (Å²) in [5.74, 6) is 0. The van der Waals surface area contributed by atoms with E-state index in [0.717, 1.165) is 38.7 Å². The Labute approximate surface area is 280 Å². The minimum Gasteiger partial charge on any atom is -0.456 e. The van der Waals surface area contributed by atoms with Crippen LogP contribution in [0.25, 0.3) is 55.0 Å². The molecule has 0 saturated heterocycles. The Morgan fingerprint density at radius 3 is 1.94 bits per heavy atom. The molecular weight excluding hydrogens is 583 g/mol. The molecular formula is C46H35NO. The zero-order chi connectivity index (χ0) is 32.4. The Kier molecular flexibility index (Phi) is 5.44. The number of furan rings is 1. The first kappa shape index (κ1) is 27.5. The maximum atomic E-state index is 6.34. The van der Waals surface area contributed by atoms with Crippen molar-refractivity contribution in [3.63, 3.8) is 0 Å². The molecule has 0 spiro atoms. The molecule has 0 saturated carbocycles. The van der Waals surface area contributed by atoms with Crippen molar-refractivity contribution in [2.24, 2.45) is 0 Å². The molecule has 2 heteroatoms. The fourth-order valence-electron chi connectivity index (χ4n) is 8.79.